The Bertz CT molecular complexity index is 431. The second kappa shape index (κ2) is 7.01. The molecular weight excluding hydrogens is 256 g/mol. The molecule has 0 aliphatic rings. The minimum atomic E-state index is -0.458. The van der Waals surface area contributed by atoms with Gasteiger partial charge in [0.15, 0.2) is 0 Å². The molecule has 18 heavy (non-hydrogen) atoms. The standard InChI is InChI=1S/C13H15ClO4/c1-9(15)17-7-6-13(18-10(2)16)11-4-3-5-12(14)8-11/h3-5,8,13H,6-7H2,1-2H3/t13-/m0/s1. The van der Waals surface area contributed by atoms with E-state index in [4.69, 9.17) is 21.1 Å². The van der Waals surface area contributed by atoms with Gasteiger partial charge in [0, 0.05) is 25.3 Å². The van der Waals surface area contributed by atoms with E-state index >= 15 is 0 Å². The van der Waals surface area contributed by atoms with Crippen LogP contribution in [-0.4, -0.2) is 18.5 Å². The summed E-state index contributed by atoms with van der Waals surface area (Å²) >= 11 is 5.88. The summed E-state index contributed by atoms with van der Waals surface area (Å²) in [6.07, 6.45) is -0.0555. The second-order valence-corrected chi connectivity index (χ2v) is 4.22. The molecule has 5 heteroatoms. The maximum Gasteiger partial charge on any atom is 0.303 e. The van der Waals surface area contributed by atoms with Crippen LogP contribution in [-0.2, 0) is 19.1 Å². The molecule has 0 spiro atoms. The molecule has 4 nitrogen and oxygen atoms in total. The lowest BCUT2D eigenvalue weighted by molar-refractivity contribution is -0.149. The minimum Gasteiger partial charge on any atom is -0.466 e. The molecule has 0 fully saturated rings. The van der Waals surface area contributed by atoms with E-state index in [9.17, 15) is 9.59 Å². The van der Waals surface area contributed by atoms with Gasteiger partial charge in [0.1, 0.15) is 6.10 Å². The van der Waals surface area contributed by atoms with E-state index in [1.54, 1.807) is 18.2 Å². The predicted molar refractivity (Wildman–Crippen MR) is 67.2 cm³/mol. The number of halogens is 1. The van der Waals surface area contributed by atoms with Crippen LogP contribution in [0.5, 0.6) is 0 Å². The Kier molecular flexibility index (Phi) is 5.65. The van der Waals surface area contributed by atoms with E-state index in [0.717, 1.165) is 5.56 Å². The van der Waals surface area contributed by atoms with Gasteiger partial charge in [-0.25, -0.2) is 0 Å². The summed E-state index contributed by atoms with van der Waals surface area (Å²) in [6.45, 7) is 2.86. The summed E-state index contributed by atoms with van der Waals surface area (Å²) < 4.78 is 10.0. The van der Waals surface area contributed by atoms with E-state index < -0.39 is 6.10 Å². The van der Waals surface area contributed by atoms with Crippen molar-refractivity contribution in [1.29, 1.82) is 0 Å². The third-order valence-electron chi connectivity index (χ3n) is 2.21. The van der Waals surface area contributed by atoms with Crippen LogP contribution >= 0.6 is 11.6 Å². The second-order valence-electron chi connectivity index (χ2n) is 3.78. The highest BCUT2D eigenvalue weighted by Crippen LogP contribution is 2.24. The Morgan fingerprint density at radius 2 is 2.00 bits per heavy atom. The topological polar surface area (TPSA) is 52.6 Å². The van der Waals surface area contributed by atoms with Crippen molar-refractivity contribution in [2.75, 3.05) is 6.61 Å². The van der Waals surface area contributed by atoms with Crippen molar-refractivity contribution in [3.63, 3.8) is 0 Å². The SMILES string of the molecule is CC(=O)OCC[C@H](OC(C)=O)c1cccc(Cl)c1. The van der Waals surface area contributed by atoms with Crippen molar-refractivity contribution in [3.8, 4) is 0 Å². The highest BCUT2D eigenvalue weighted by Gasteiger charge is 2.15. The van der Waals surface area contributed by atoms with Crippen LogP contribution in [0.25, 0.3) is 0 Å². The van der Waals surface area contributed by atoms with Gasteiger partial charge in [-0.2, -0.15) is 0 Å². The third-order valence-corrected chi connectivity index (χ3v) is 2.45. The smallest absolute Gasteiger partial charge is 0.303 e. The molecule has 0 saturated heterocycles. The van der Waals surface area contributed by atoms with Gasteiger partial charge in [-0.3, -0.25) is 9.59 Å². The molecule has 0 aromatic heterocycles. The molecule has 0 saturated carbocycles. The Balaban J connectivity index is 2.71. The molecule has 0 radical (unpaired) electrons. The van der Waals surface area contributed by atoms with Crippen molar-refractivity contribution in [3.05, 3.63) is 34.9 Å². The monoisotopic (exact) mass is 270 g/mol. The molecule has 98 valence electrons. The molecule has 1 aromatic rings. The predicted octanol–water partition coefficient (Wildman–Crippen LogP) is 2.90. The summed E-state index contributed by atoms with van der Waals surface area (Å²) in [6, 6.07) is 7.05. The average molecular weight is 271 g/mol. The zero-order valence-corrected chi connectivity index (χ0v) is 11.1. The number of esters is 2. The molecule has 1 rings (SSSR count). The fourth-order valence-electron chi connectivity index (χ4n) is 1.51. The molecule has 0 amide bonds. The van der Waals surface area contributed by atoms with Gasteiger partial charge in [-0.05, 0) is 17.7 Å². The summed E-state index contributed by atoms with van der Waals surface area (Å²) in [5, 5.41) is 0.567. The lowest BCUT2D eigenvalue weighted by Gasteiger charge is -2.17. The molecule has 0 unspecified atom stereocenters. The van der Waals surface area contributed by atoms with Crippen LogP contribution < -0.4 is 0 Å². The fraction of sp³-hybridized carbons (Fsp3) is 0.385. The first kappa shape index (κ1) is 14.5. The van der Waals surface area contributed by atoms with Crippen molar-refractivity contribution < 1.29 is 19.1 Å². The van der Waals surface area contributed by atoms with Crippen LogP contribution in [0.4, 0.5) is 0 Å². The molecule has 0 aliphatic carbocycles. The van der Waals surface area contributed by atoms with Gasteiger partial charge >= 0.3 is 11.9 Å². The van der Waals surface area contributed by atoms with E-state index in [1.807, 2.05) is 6.07 Å². The molecule has 0 aliphatic heterocycles. The lowest BCUT2D eigenvalue weighted by atomic mass is 10.1. The van der Waals surface area contributed by atoms with Gasteiger partial charge in [0.2, 0.25) is 0 Å². The fourth-order valence-corrected chi connectivity index (χ4v) is 1.71. The van der Waals surface area contributed by atoms with Crippen molar-refractivity contribution in [2.45, 2.75) is 26.4 Å². The number of ether oxygens (including phenoxy) is 2. The molecule has 1 aromatic carbocycles. The Morgan fingerprint density at radius 1 is 1.28 bits per heavy atom. The maximum absolute atomic E-state index is 11.0. The number of carbonyl (C=O) groups is 2. The molecule has 0 bridgehead atoms. The lowest BCUT2D eigenvalue weighted by Crippen LogP contribution is -2.12. The first-order chi connectivity index (χ1) is 8.49. The molecular formula is C13H15ClO4. The maximum atomic E-state index is 11.0. The molecule has 0 N–H and O–H groups in total. The molecule has 0 heterocycles. The zero-order valence-electron chi connectivity index (χ0n) is 10.3. The van der Waals surface area contributed by atoms with Gasteiger partial charge in [-0.1, -0.05) is 23.7 Å². The number of carbonyl (C=O) groups excluding carboxylic acids is 2. The van der Waals surface area contributed by atoms with Crippen molar-refractivity contribution >= 4 is 23.5 Å². The Morgan fingerprint density at radius 3 is 2.56 bits per heavy atom. The van der Waals surface area contributed by atoms with E-state index in [2.05, 4.69) is 0 Å². The first-order valence-electron chi connectivity index (χ1n) is 5.55. The van der Waals surface area contributed by atoms with Crippen molar-refractivity contribution in [2.24, 2.45) is 0 Å². The molecule has 1 atom stereocenters. The summed E-state index contributed by atoms with van der Waals surface area (Å²) in [5.41, 5.74) is 0.782. The van der Waals surface area contributed by atoms with Gasteiger partial charge < -0.3 is 9.47 Å². The highest BCUT2D eigenvalue weighted by molar-refractivity contribution is 6.30. The van der Waals surface area contributed by atoms with Crippen LogP contribution in [0.2, 0.25) is 5.02 Å². The van der Waals surface area contributed by atoms with Crippen LogP contribution in [0.1, 0.15) is 31.9 Å². The number of hydrogen-bond donors (Lipinski definition) is 0. The number of benzene rings is 1. The highest BCUT2D eigenvalue weighted by atomic mass is 35.5. The van der Waals surface area contributed by atoms with Crippen LogP contribution in [0.15, 0.2) is 24.3 Å². The summed E-state index contributed by atoms with van der Waals surface area (Å²) in [4.78, 5) is 21.7. The van der Waals surface area contributed by atoms with E-state index in [0.29, 0.717) is 11.4 Å². The van der Waals surface area contributed by atoms with Gasteiger partial charge in [-0.15, -0.1) is 0 Å². The summed E-state index contributed by atoms with van der Waals surface area (Å²) in [7, 11) is 0. The third kappa shape index (κ3) is 5.19. The minimum absolute atomic E-state index is 0.194. The largest absolute Gasteiger partial charge is 0.466 e. The van der Waals surface area contributed by atoms with Crippen molar-refractivity contribution in [1.82, 2.24) is 0 Å². The summed E-state index contributed by atoms with van der Waals surface area (Å²) in [5.74, 6) is -0.745. The number of rotatable bonds is 5. The van der Waals surface area contributed by atoms with Gasteiger partial charge in [0.25, 0.3) is 0 Å². The van der Waals surface area contributed by atoms with Crippen LogP contribution in [0.3, 0.4) is 0 Å². The number of hydrogen-bond acceptors (Lipinski definition) is 4. The zero-order chi connectivity index (χ0) is 13.5. The quantitative estimate of drug-likeness (QED) is 0.772. The Hall–Kier alpha value is -1.55. The normalized spacial score (nSPS) is 11.7. The average Bonchev–Trinajstić information content (AvgIpc) is 2.26. The first-order valence-corrected chi connectivity index (χ1v) is 5.93. The Labute approximate surface area is 111 Å². The van der Waals surface area contributed by atoms with E-state index in [-0.39, 0.29) is 18.5 Å². The van der Waals surface area contributed by atoms with Crippen LogP contribution in [0, 0.1) is 0 Å². The van der Waals surface area contributed by atoms with E-state index in [1.165, 1.54) is 13.8 Å². The van der Waals surface area contributed by atoms with Gasteiger partial charge in [0.05, 0.1) is 6.61 Å².